The molecule has 1 rings (SSSR count). The summed E-state index contributed by atoms with van der Waals surface area (Å²) in [6, 6.07) is 1.93. The Morgan fingerprint density at radius 2 is 1.76 bits per heavy atom. The van der Waals surface area contributed by atoms with Crippen molar-refractivity contribution >= 4 is 0 Å². The van der Waals surface area contributed by atoms with Gasteiger partial charge in [0.05, 0.1) is 6.10 Å². The summed E-state index contributed by atoms with van der Waals surface area (Å²) in [7, 11) is 0. The molecule has 0 aromatic heterocycles. The fourth-order valence-electron chi connectivity index (χ4n) is 1.72. The van der Waals surface area contributed by atoms with E-state index in [0.29, 0.717) is 6.42 Å². The van der Waals surface area contributed by atoms with Crippen LogP contribution >= 0.6 is 0 Å². The molecule has 0 radical (unpaired) electrons. The molecule has 0 aliphatic carbocycles. The number of aliphatic hydroxyl groups excluding tert-OH is 1. The Kier molecular flexibility index (Phi) is 5.48. The number of hydrogen-bond acceptors (Lipinski definition) is 1. The molecule has 1 nitrogen and oxygen atoms in total. The first-order valence-corrected chi connectivity index (χ1v) is 5.89. The second-order valence-electron chi connectivity index (χ2n) is 4.13. The van der Waals surface area contributed by atoms with Crippen LogP contribution in [0.5, 0.6) is 0 Å². The molecule has 1 atom stereocenters. The molecule has 17 heavy (non-hydrogen) atoms. The molecule has 1 aromatic carbocycles. The second-order valence-corrected chi connectivity index (χ2v) is 4.13. The molecule has 0 saturated heterocycles. The second kappa shape index (κ2) is 6.64. The van der Waals surface area contributed by atoms with Crippen molar-refractivity contribution in [3.63, 3.8) is 0 Å². The van der Waals surface area contributed by atoms with Gasteiger partial charge in [0, 0.05) is 5.56 Å². The highest BCUT2D eigenvalue weighted by molar-refractivity contribution is 5.22. The Morgan fingerprint density at radius 1 is 1.06 bits per heavy atom. The maximum Gasteiger partial charge on any atom is 0.194 e. The van der Waals surface area contributed by atoms with E-state index in [-0.39, 0.29) is 5.56 Å². The lowest BCUT2D eigenvalue weighted by Gasteiger charge is -2.12. The van der Waals surface area contributed by atoms with E-state index in [1.165, 1.54) is 0 Å². The van der Waals surface area contributed by atoms with Crippen LogP contribution in [0.4, 0.5) is 13.2 Å². The summed E-state index contributed by atoms with van der Waals surface area (Å²) in [5, 5.41) is 9.69. The first-order chi connectivity index (χ1) is 8.07. The molecule has 1 aromatic rings. The van der Waals surface area contributed by atoms with Gasteiger partial charge in [-0.3, -0.25) is 0 Å². The Labute approximate surface area is 99.3 Å². The predicted octanol–water partition coefficient (Wildman–Crippen LogP) is 4.11. The third-order valence-electron chi connectivity index (χ3n) is 2.76. The molecule has 0 aliphatic heterocycles. The highest BCUT2D eigenvalue weighted by atomic mass is 19.2. The highest BCUT2D eigenvalue weighted by Crippen LogP contribution is 2.25. The lowest BCUT2D eigenvalue weighted by molar-refractivity contribution is 0.157. The maximum absolute atomic E-state index is 13.3. The molecule has 0 spiro atoms. The van der Waals surface area contributed by atoms with Crippen molar-refractivity contribution in [2.45, 2.75) is 45.1 Å². The van der Waals surface area contributed by atoms with E-state index in [9.17, 15) is 18.3 Å². The molecule has 0 bridgehead atoms. The van der Waals surface area contributed by atoms with Gasteiger partial charge in [-0.15, -0.1) is 0 Å². The van der Waals surface area contributed by atoms with Crippen LogP contribution in [-0.4, -0.2) is 5.11 Å². The molecule has 1 unspecified atom stereocenters. The molecule has 4 heteroatoms. The van der Waals surface area contributed by atoms with Crippen molar-refractivity contribution in [3.8, 4) is 0 Å². The molecular weight excluding hydrogens is 229 g/mol. The monoisotopic (exact) mass is 246 g/mol. The van der Waals surface area contributed by atoms with Gasteiger partial charge in [-0.2, -0.15) is 0 Å². The standard InChI is InChI=1S/C13H17F3O/c1-2-3-4-5-6-11(17)9-7-8-10(14)13(16)12(9)15/h7-8,11,17H,2-6H2,1H3. The van der Waals surface area contributed by atoms with Gasteiger partial charge >= 0.3 is 0 Å². The van der Waals surface area contributed by atoms with Crippen LogP contribution < -0.4 is 0 Å². The van der Waals surface area contributed by atoms with Gasteiger partial charge in [0.2, 0.25) is 0 Å². The van der Waals surface area contributed by atoms with Crippen molar-refractivity contribution in [1.29, 1.82) is 0 Å². The lowest BCUT2D eigenvalue weighted by Crippen LogP contribution is -2.04. The van der Waals surface area contributed by atoms with E-state index in [0.717, 1.165) is 37.8 Å². The summed E-state index contributed by atoms with van der Waals surface area (Å²) in [6.45, 7) is 2.06. The Bertz CT molecular complexity index is 366. The zero-order valence-electron chi connectivity index (χ0n) is 9.85. The topological polar surface area (TPSA) is 20.2 Å². The quantitative estimate of drug-likeness (QED) is 0.591. The van der Waals surface area contributed by atoms with E-state index in [1.807, 2.05) is 0 Å². The van der Waals surface area contributed by atoms with Crippen LogP contribution in [-0.2, 0) is 0 Å². The summed E-state index contributed by atoms with van der Waals surface area (Å²) in [5.74, 6) is -4.03. The van der Waals surface area contributed by atoms with Gasteiger partial charge in [-0.05, 0) is 12.5 Å². The van der Waals surface area contributed by atoms with Gasteiger partial charge in [-0.1, -0.05) is 38.7 Å². The maximum atomic E-state index is 13.3. The van der Waals surface area contributed by atoms with Crippen LogP contribution in [0.3, 0.4) is 0 Å². The highest BCUT2D eigenvalue weighted by Gasteiger charge is 2.18. The predicted molar refractivity (Wildman–Crippen MR) is 60.0 cm³/mol. The van der Waals surface area contributed by atoms with Crippen LogP contribution in [0.25, 0.3) is 0 Å². The van der Waals surface area contributed by atoms with Gasteiger partial charge in [0.25, 0.3) is 0 Å². The fraction of sp³-hybridized carbons (Fsp3) is 0.538. The van der Waals surface area contributed by atoms with Crippen molar-refractivity contribution < 1.29 is 18.3 Å². The zero-order chi connectivity index (χ0) is 12.8. The molecule has 96 valence electrons. The van der Waals surface area contributed by atoms with Gasteiger partial charge in [-0.25, -0.2) is 13.2 Å². The number of hydrogen-bond donors (Lipinski definition) is 1. The van der Waals surface area contributed by atoms with E-state index < -0.39 is 23.6 Å². The van der Waals surface area contributed by atoms with E-state index >= 15 is 0 Å². The van der Waals surface area contributed by atoms with Gasteiger partial charge in [0.15, 0.2) is 17.5 Å². The van der Waals surface area contributed by atoms with E-state index in [1.54, 1.807) is 0 Å². The SMILES string of the molecule is CCCCCCC(O)c1ccc(F)c(F)c1F. The number of benzene rings is 1. The zero-order valence-corrected chi connectivity index (χ0v) is 9.85. The number of unbranched alkanes of at least 4 members (excludes halogenated alkanes) is 3. The van der Waals surface area contributed by atoms with Crippen molar-refractivity contribution in [2.75, 3.05) is 0 Å². The normalized spacial score (nSPS) is 12.8. The Balaban J connectivity index is 2.63. The summed E-state index contributed by atoms with van der Waals surface area (Å²) in [4.78, 5) is 0. The summed E-state index contributed by atoms with van der Waals surface area (Å²) in [5.41, 5.74) is -0.166. The Hall–Kier alpha value is -1.03. The van der Waals surface area contributed by atoms with Crippen molar-refractivity contribution in [2.24, 2.45) is 0 Å². The molecule has 0 fully saturated rings. The Morgan fingerprint density at radius 3 is 2.41 bits per heavy atom. The average Bonchev–Trinajstić information content (AvgIpc) is 2.31. The fourth-order valence-corrected chi connectivity index (χ4v) is 1.72. The van der Waals surface area contributed by atoms with Crippen LogP contribution in [0, 0.1) is 17.5 Å². The third kappa shape index (κ3) is 3.73. The lowest BCUT2D eigenvalue weighted by atomic mass is 10.0. The first-order valence-electron chi connectivity index (χ1n) is 5.89. The van der Waals surface area contributed by atoms with E-state index in [2.05, 4.69) is 6.92 Å². The van der Waals surface area contributed by atoms with Crippen LogP contribution in [0.1, 0.15) is 50.7 Å². The van der Waals surface area contributed by atoms with Crippen LogP contribution in [0.2, 0.25) is 0 Å². The smallest absolute Gasteiger partial charge is 0.194 e. The van der Waals surface area contributed by atoms with Gasteiger partial charge < -0.3 is 5.11 Å². The van der Waals surface area contributed by atoms with Crippen molar-refractivity contribution in [1.82, 2.24) is 0 Å². The molecular formula is C13H17F3O. The number of halogens is 3. The molecule has 1 N–H and O–H groups in total. The first kappa shape index (κ1) is 14.0. The molecule has 0 heterocycles. The largest absolute Gasteiger partial charge is 0.388 e. The summed E-state index contributed by atoms with van der Waals surface area (Å²) >= 11 is 0. The molecule has 0 amide bonds. The van der Waals surface area contributed by atoms with Crippen molar-refractivity contribution in [3.05, 3.63) is 35.1 Å². The summed E-state index contributed by atoms with van der Waals surface area (Å²) in [6.07, 6.45) is 3.10. The summed E-state index contributed by atoms with van der Waals surface area (Å²) < 4.78 is 38.9. The third-order valence-corrected chi connectivity index (χ3v) is 2.76. The number of aliphatic hydroxyl groups is 1. The minimum absolute atomic E-state index is 0.166. The number of rotatable bonds is 6. The van der Waals surface area contributed by atoms with Crippen LogP contribution in [0.15, 0.2) is 12.1 Å². The minimum atomic E-state index is -1.52. The van der Waals surface area contributed by atoms with E-state index in [4.69, 9.17) is 0 Å². The minimum Gasteiger partial charge on any atom is -0.388 e. The van der Waals surface area contributed by atoms with Gasteiger partial charge in [0.1, 0.15) is 0 Å². The molecule has 0 saturated carbocycles. The average molecular weight is 246 g/mol. The molecule has 0 aliphatic rings.